The van der Waals surface area contributed by atoms with Crippen LogP contribution in [0.2, 0.25) is 5.15 Å². The minimum atomic E-state index is 0.500. The van der Waals surface area contributed by atoms with E-state index in [1.165, 1.54) is 0 Å². The topological polar surface area (TPSA) is 25.8 Å². The summed E-state index contributed by atoms with van der Waals surface area (Å²) in [6, 6.07) is 7.81. The first-order valence-electron chi connectivity index (χ1n) is 4.42. The molecule has 2 aromatic rings. The van der Waals surface area contributed by atoms with Gasteiger partial charge in [0.1, 0.15) is 5.15 Å². The van der Waals surface area contributed by atoms with E-state index in [2.05, 4.69) is 25.9 Å². The zero-order valence-corrected chi connectivity index (χ0v) is 10.4. The Morgan fingerprint density at radius 1 is 1.33 bits per heavy atom. The summed E-state index contributed by atoms with van der Waals surface area (Å²) in [5.41, 5.74) is 1.83. The monoisotopic (exact) mass is 282 g/mol. The molecule has 1 heterocycles. The van der Waals surface area contributed by atoms with E-state index in [1.807, 2.05) is 31.2 Å². The fourth-order valence-corrected chi connectivity index (χ4v) is 1.72. The van der Waals surface area contributed by atoms with Crippen molar-refractivity contribution in [1.29, 1.82) is 0 Å². The van der Waals surface area contributed by atoms with Crippen LogP contribution in [0.1, 0.15) is 5.56 Å². The summed E-state index contributed by atoms with van der Waals surface area (Å²) in [5, 5.41) is 0.500. The second kappa shape index (κ2) is 4.29. The molecule has 0 aliphatic heterocycles. The van der Waals surface area contributed by atoms with Crippen molar-refractivity contribution in [1.82, 2.24) is 9.97 Å². The van der Waals surface area contributed by atoms with Gasteiger partial charge in [-0.25, -0.2) is 9.97 Å². The zero-order valence-electron chi connectivity index (χ0n) is 8.04. The van der Waals surface area contributed by atoms with E-state index in [0.717, 1.165) is 15.6 Å². The summed E-state index contributed by atoms with van der Waals surface area (Å²) < 4.78 is 1.00. The maximum Gasteiger partial charge on any atom is 0.160 e. The van der Waals surface area contributed by atoms with E-state index >= 15 is 0 Å². The van der Waals surface area contributed by atoms with Gasteiger partial charge in [-0.2, -0.15) is 0 Å². The van der Waals surface area contributed by atoms with Crippen LogP contribution in [0.5, 0.6) is 0 Å². The van der Waals surface area contributed by atoms with Crippen molar-refractivity contribution in [3.8, 4) is 11.4 Å². The van der Waals surface area contributed by atoms with Gasteiger partial charge < -0.3 is 0 Å². The quantitative estimate of drug-likeness (QED) is 0.743. The molecule has 0 spiro atoms. The van der Waals surface area contributed by atoms with Crippen molar-refractivity contribution in [3.63, 3.8) is 0 Å². The third-order valence-electron chi connectivity index (χ3n) is 1.99. The minimum absolute atomic E-state index is 0.500. The molecule has 1 aromatic heterocycles. The Hall–Kier alpha value is -0.930. The molecule has 0 N–H and O–H groups in total. The van der Waals surface area contributed by atoms with Gasteiger partial charge in [0.15, 0.2) is 5.82 Å². The number of hydrogen-bond acceptors (Lipinski definition) is 2. The van der Waals surface area contributed by atoms with Gasteiger partial charge in [-0.1, -0.05) is 39.7 Å². The molecule has 76 valence electrons. The average Bonchev–Trinajstić information content (AvgIpc) is 2.22. The first kappa shape index (κ1) is 10.6. The third-order valence-corrected chi connectivity index (χ3v) is 2.87. The fraction of sp³-hybridized carbons (Fsp3) is 0.0909. The maximum absolute atomic E-state index is 5.94. The van der Waals surface area contributed by atoms with E-state index < -0.39 is 0 Å². The van der Waals surface area contributed by atoms with Crippen LogP contribution in [-0.4, -0.2) is 9.97 Å². The Bertz CT molecular complexity index is 500. The molecule has 0 aliphatic carbocycles. The predicted molar refractivity (Wildman–Crippen MR) is 64.9 cm³/mol. The molecule has 2 nitrogen and oxygen atoms in total. The molecule has 0 atom stereocenters. The van der Waals surface area contributed by atoms with Crippen molar-refractivity contribution < 1.29 is 0 Å². The largest absolute Gasteiger partial charge is 0.236 e. The summed E-state index contributed by atoms with van der Waals surface area (Å²) in [6.07, 6.45) is 1.73. The van der Waals surface area contributed by atoms with Gasteiger partial charge in [0.05, 0.1) is 0 Å². The van der Waals surface area contributed by atoms with Gasteiger partial charge in [0, 0.05) is 21.8 Å². The molecule has 2 rings (SSSR count). The van der Waals surface area contributed by atoms with E-state index in [1.54, 1.807) is 6.20 Å². The van der Waals surface area contributed by atoms with Crippen LogP contribution in [0.25, 0.3) is 11.4 Å². The molecule has 0 aliphatic rings. The number of halogens is 2. The second-order valence-corrected chi connectivity index (χ2v) is 4.45. The van der Waals surface area contributed by atoms with Gasteiger partial charge in [0.25, 0.3) is 0 Å². The normalized spacial score (nSPS) is 10.3. The lowest BCUT2D eigenvalue weighted by molar-refractivity contribution is 1.14. The Morgan fingerprint density at radius 3 is 2.80 bits per heavy atom. The molecular formula is C11H8BrClN2. The Labute approximate surface area is 101 Å². The lowest BCUT2D eigenvalue weighted by atomic mass is 10.2. The van der Waals surface area contributed by atoms with Crippen LogP contribution in [-0.2, 0) is 0 Å². The summed E-state index contributed by atoms with van der Waals surface area (Å²) >= 11 is 9.34. The number of benzene rings is 1. The van der Waals surface area contributed by atoms with Crippen LogP contribution >= 0.6 is 27.5 Å². The molecule has 1 aromatic carbocycles. The average molecular weight is 284 g/mol. The predicted octanol–water partition coefficient (Wildman–Crippen LogP) is 3.87. The summed E-state index contributed by atoms with van der Waals surface area (Å²) in [5.74, 6) is 0.645. The highest BCUT2D eigenvalue weighted by molar-refractivity contribution is 9.10. The van der Waals surface area contributed by atoms with Gasteiger partial charge >= 0.3 is 0 Å². The number of hydrogen-bond donors (Lipinski definition) is 0. The van der Waals surface area contributed by atoms with Crippen molar-refractivity contribution in [3.05, 3.63) is 45.7 Å². The summed E-state index contributed by atoms with van der Waals surface area (Å²) in [7, 11) is 0. The molecule has 0 bridgehead atoms. The Kier molecular flexibility index (Phi) is 3.03. The molecule has 0 amide bonds. The summed E-state index contributed by atoms with van der Waals surface area (Å²) in [6.45, 7) is 1.88. The van der Waals surface area contributed by atoms with E-state index in [-0.39, 0.29) is 0 Å². The first-order valence-corrected chi connectivity index (χ1v) is 5.59. The first-order chi connectivity index (χ1) is 7.16. The fourth-order valence-electron chi connectivity index (χ4n) is 1.19. The van der Waals surface area contributed by atoms with Crippen molar-refractivity contribution in [2.24, 2.45) is 0 Å². The van der Waals surface area contributed by atoms with Gasteiger partial charge in [0.2, 0.25) is 0 Å². The van der Waals surface area contributed by atoms with Crippen LogP contribution in [0.3, 0.4) is 0 Å². The number of aromatic nitrogens is 2. The molecule has 4 heteroatoms. The van der Waals surface area contributed by atoms with Crippen LogP contribution in [0.4, 0.5) is 0 Å². The Morgan fingerprint density at radius 2 is 2.13 bits per heavy atom. The van der Waals surface area contributed by atoms with E-state index in [9.17, 15) is 0 Å². The number of rotatable bonds is 1. The molecule has 0 radical (unpaired) electrons. The molecule has 0 fully saturated rings. The lowest BCUT2D eigenvalue weighted by Crippen LogP contribution is -1.91. The molecule has 0 unspecified atom stereocenters. The zero-order chi connectivity index (χ0) is 10.8. The van der Waals surface area contributed by atoms with E-state index in [0.29, 0.717) is 11.0 Å². The molecule has 0 saturated carbocycles. The smallest absolute Gasteiger partial charge is 0.160 e. The van der Waals surface area contributed by atoms with Crippen LogP contribution < -0.4 is 0 Å². The molecule has 0 saturated heterocycles. The van der Waals surface area contributed by atoms with Gasteiger partial charge in [-0.15, -0.1) is 0 Å². The molecular weight excluding hydrogens is 275 g/mol. The van der Waals surface area contributed by atoms with Crippen LogP contribution in [0, 0.1) is 6.92 Å². The van der Waals surface area contributed by atoms with E-state index in [4.69, 9.17) is 11.6 Å². The number of nitrogens with zero attached hydrogens (tertiary/aromatic N) is 2. The highest BCUT2D eigenvalue weighted by Gasteiger charge is 2.04. The van der Waals surface area contributed by atoms with Crippen molar-refractivity contribution in [2.75, 3.05) is 0 Å². The highest BCUT2D eigenvalue weighted by Crippen LogP contribution is 2.21. The van der Waals surface area contributed by atoms with Gasteiger partial charge in [-0.3, -0.25) is 0 Å². The second-order valence-electron chi connectivity index (χ2n) is 3.18. The molecule has 15 heavy (non-hydrogen) atoms. The SMILES string of the molecule is Cc1cnc(-c2cccc(Br)c2)nc1Cl. The Balaban J connectivity index is 2.50. The van der Waals surface area contributed by atoms with Crippen molar-refractivity contribution in [2.45, 2.75) is 6.92 Å². The maximum atomic E-state index is 5.94. The third kappa shape index (κ3) is 2.36. The highest BCUT2D eigenvalue weighted by atomic mass is 79.9. The minimum Gasteiger partial charge on any atom is -0.236 e. The lowest BCUT2D eigenvalue weighted by Gasteiger charge is -2.02. The van der Waals surface area contributed by atoms with Crippen LogP contribution in [0.15, 0.2) is 34.9 Å². The number of aryl methyl sites for hydroxylation is 1. The summed E-state index contributed by atoms with van der Waals surface area (Å²) in [4.78, 5) is 8.45. The van der Waals surface area contributed by atoms with Gasteiger partial charge in [-0.05, 0) is 19.1 Å². The standard InChI is InChI=1S/C11H8BrClN2/c1-7-6-14-11(15-10(7)13)8-3-2-4-9(12)5-8/h2-6H,1H3. The van der Waals surface area contributed by atoms with Crippen molar-refractivity contribution >= 4 is 27.5 Å².